The molecule has 0 bridgehead atoms. The lowest BCUT2D eigenvalue weighted by molar-refractivity contribution is 0.341. The summed E-state index contributed by atoms with van der Waals surface area (Å²) in [6, 6.07) is 8.11. The second kappa shape index (κ2) is 5.64. The van der Waals surface area contributed by atoms with Crippen LogP contribution in [0, 0.1) is 0 Å². The van der Waals surface area contributed by atoms with E-state index in [1.807, 2.05) is 31.3 Å². The molecule has 0 aliphatic rings. The zero-order valence-corrected chi connectivity index (χ0v) is 12.2. The van der Waals surface area contributed by atoms with Crippen molar-refractivity contribution >= 4 is 16.3 Å². The van der Waals surface area contributed by atoms with Crippen LogP contribution in [-0.4, -0.2) is 22.5 Å². The van der Waals surface area contributed by atoms with Crippen molar-refractivity contribution in [3.8, 4) is 17.0 Å². The number of nitrogens with two attached hydrogens (primary N) is 1. The second-order valence-corrected chi connectivity index (χ2v) is 5.29. The van der Waals surface area contributed by atoms with Crippen molar-refractivity contribution in [1.29, 1.82) is 0 Å². The highest BCUT2D eigenvalue weighted by Gasteiger charge is 2.14. The van der Waals surface area contributed by atoms with E-state index < -0.39 is 0 Å². The van der Waals surface area contributed by atoms with Crippen LogP contribution in [0.1, 0.15) is 12.6 Å². The number of rotatable bonds is 5. The van der Waals surface area contributed by atoms with Crippen LogP contribution in [0.4, 0.5) is 0 Å². The fraction of sp³-hybridized carbons (Fsp3) is 0.267. The Hall–Kier alpha value is -1.85. The minimum Gasteiger partial charge on any atom is -0.493 e. The van der Waals surface area contributed by atoms with Crippen LogP contribution in [0.25, 0.3) is 16.2 Å². The summed E-state index contributed by atoms with van der Waals surface area (Å²) < 4.78 is 7.91. The molecule has 0 amide bonds. The van der Waals surface area contributed by atoms with E-state index in [0.29, 0.717) is 13.2 Å². The van der Waals surface area contributed by atoms with Crippen molar-refractivity contribution < 1.29 is 4.74 Å². The predicted molar refractivity (Wildman–Crippen MR) is 82.4 cm³/mol. The van der Waals surface area contributed by atoms with Gasteiger partial charge in [-0.3, -0.25) is 4.40 Å². The van der Waals surface area contributed by atoms with Crippen LogP contribution in [0.3, 0.4) is 0 Å². The first kappa shape index (κ1) is 13.1. The summed E-state index contributed by atoms with van der Waals surface area (Å²) >= 11 is 1.64. The molecule has 2 N–H and O–H groups in total. The number of benzene rings is 1. The summed E-state index contributed by atoms with van der Waals surface area (Å²) in [4.78, 5) is 5.44. The average Bonchev–Trinajstić information content (AvgIpc) is 3.04. The number of imidazole rings is 1. The summed E-state index contributed by atoms with van der Waals surface area (Å²) in [6.07, 6.45) is 2.73. The Bertz CT molecular complexity index is 717. The Kier molecular flexibility index (Phi) is 3.71. The summed E-state index contributed by atoms with van der Waals surface area (Å²) in [6.45, 7) is 3.27. The van der Waals surface area contributed by atoms with Crippen molar-refractivity contribution in [3.63, 3.8) is 0 Å². The van der Waals surface area contributed by atoms with Crippen molar-refractivity contribution in [1.82, 2.24) is 9.38 Å². The lowest BCUT2D eigenvalue weighted by atomic mass is 10.1. The molecule has 4 nitrogen and oxygen atoms in total. The molecule has 0 aliphatic heterocycles. The van der Waals surface area contributed by atoms with Crippen LogP contribution in [0.15, 0.2) is 35.8 Å². The van der Waals surface area contributed by atoms with Gasteiger partial charge >= 0.3 is 0 Å². The molecule has 5 heteroatoms. The van der Waals surface area contributed by atoms with E-state index in [9.17, 15) is 0 Å². The maximum atomic E-state index is 5.73. The molecular weight excluding hydrogens is 270 g/mol. The molecule has 0 aliphatic carbocycles. The van der Waals surface area contributed by atoms with Crippen LogP contribution in [0.2, 0.25) is 0 Å². The van der Waals surface area contributed by atoms with Crippen molar-refractivity contribution in [2.24, 2.45) is 5.73 Å². The van der Waals surface area contributed by atoms with Gasteiger partial charge in [0.2, 0.25) is 0 Å². The van der Waals surface area contributed by atoms with Crippen LogP contribution in [-0.2, 0) is 6.42 Å². The van der Waals surface area contributed by atoms with Crippen LogP contribution in [0.5, 0.6) is 5.75 Å². The molecule has 0 saturated carbocycles. The fourth-order valence-corrected chi connectivity index (χ4v) is 3.22. The maximum Gasteiger partial charge on any atom is 0.194 e. The molecule has 0 atom stereocenters. The average molecular weight is 287 g/mol. The third-order valence-corrected chi connectivity index (χ3v) is 4.02. The standard InChI is InChI=1S/C15H17N3OS/c1-2-19-14-6-4-3-5-12(14)13-10-20-15-17-9-11(7-8-16)18(13)15/h3-6,9-10H,2,7-8,16H2,1H3. The largest absolute Gasteiger partial charge is 0.493 e. The number of aromatic nitrogens is 2. The second-order valence-electron chi connectivity index (χ2n) is 4.46. The zero-order valence-electron chi connectivity index (χ0n) is 11.4. The van der Waals surface area contributed by atoms with Crippen molar-refractivity contribution in [3.05, 3.63) is 41.5 Å². The predicted octanol–water partition coefficient (Wildman–Crippen LogP) is 2.96. The first-order valence-electron chi connectivity index (χ1n) is 6.71. The topological polar surface area (TPSA) is 52.5 Å². The van der Waals surface area contributed by atoms with Gasteiger partial charge in [-0.05, 0) is 25.6 Å². The molecule has 2 heterocycles. The fourth-order valence-electron chi connectivity index (χ4n) is 2.34. The third-order valence-electron chi connectivity index (χ3n) is 3.18. The van der Waals surface area contributed by atoms with Gasteiger partial charge < -0.3 is 10.5 Å². The number of ether oxygens (including phenoxy) is 1. The highest BCUT2D eigenvalue weighted by Crippen LogP contribution is 2.33. The van der Waals surface area contributed by atoms with E-state index in [-0.39, 0.29) is 0 Å². The smallest absolute Gasteiger partial charge is 0.194 e. The molecule has 0 spiro atoms. The molecule has 104 valence electrons. The molecule has 0 fully saturated rings. The first-order chi connectivity index (χ1) is 9.85. The van der Waals surface area contributed by atoms with E-state index in [2.05, 4.69) is 20.8 Å². The molecule has 20 heavy (non-hydrogen) atoms. The Balaban J connectivity index is 2.16. The van der Waals surface area contributed by atoms with Gasteiger partial charge in [-0.2, -0.15) is 0 Å². The monoisotopic (exact) mass is 287 g/mol. The van der Waals surface area contributed by atoms with Gasteiger partial charge in [0.05, 0.1) is 18.5 Å². The summed E-state index contributed by atoms with van der Waals surface area (Å²) in [5.74, 6) is 0.905. The molecule has 0 radical (unpaired) electrons. The molecular formula is C15H17N3OS. The maximum absolute atomic E-state index is 5.73. The SMILES string of the molecule is CCOc1ccccc1-c1csc2ncc(CCN)n12. The van der Waals surface area contributed by atoms with Gasteiger partial charge in [-0.25, -0.2) is 4.98 Å². The number of hydrogen-bond acceptors (Lipinski definition) is 4. The minimum atomic E-state index is 0.621. The molecule has 3 aromatic rings. The quantitative estimate of drug-likeness (QED) is 0.785. The van der Waals surface area contributed by atoms with E-state index in [1.54, 1.807) is 11.3 Å². The Morgan fingerprint density at radius 1 is 1.35 bits per heavy atom. The number of thiazole rings is 1. The van der Waals surface area contributed by atoms with Gasteiger partial charge in [0, 0.05) is 23.1 Å². The van der Waals surface area contributed by atoms with Gasteiger partial charge in [0.1, 0.15) is 5.75 Å². The summed E-state index contributed by atoms with van der Waals surface area (Å²) in [5.41, 5.74) is 9.04. The van der Waals surface area contributed by atoms with Gasteiger partial charge in [-0.15, -0.1) is 11.3 Å². The highest BCUT2D eigenvalue weighted by molar-refractivity contribution is 7.15. The van der Waals surface area contributed by atoms with E-state index >= 15 is 0 Å². The third kappa shape index (κ3) is 2.19. The number of nitrogens with zero attached hydrogens (tertiary/aromatic N) is 2. The van der Waals surface area contributed by atoms with Gasteiger partial charge in [-0.1, -0.05) is 12.1 Å². The molecule has 0 saturated heterocycles. The number of hydrogen-bond donors (Lipinski definition) is 1. The molecule has 3 rings (SSSR count). The number of fused-ring (bicyclic) bond motifs is 1. The van der Waals surface area contributed by atoms with Gasteiger partial charge in [0.25, 0.3) is 0 Å². The van der Waals surface area contributed by atoms with Crippen molar-refractivity contribution in [2.45, 2.75) is 13.3 Å². The Morgan fingerprint density at radius 3 is 3.00 bits per heavy atom. The molecule has 0 unspecified atom stereocenters. The summed E-state index contributed by atoms with van der Waals surface area (Å²) in [5, 5.41) is 2.13. The van der Waals surface area contributed by atoms with Gasteiger partial charge in [0.15, 0.2) is 4.96 Å². The normalized spacial score (nSPS) is 11.1. The van der Waals surface area contributed by atoms with E-state index in [0.717, 1.165) is 34.1 Å². The summed E-state index contributed by atoms with van der Waals surface area (Å²) in [7, 11) is 0. The molecule has 1 aromatic carbocycles. The number of para-hydroxylation sites is 1. The minimum absolute atomic E-state index is 0.621. The molecule has 2 aromatic heterocycles. The lowest BCUT2D eigenvalue weighted by Gasteiger charge is -2.10. The first-order valence-corrected chi connectivity index (χ1v) is 7.59. The van der Waals surface area contributed by atoms with Crippen molar-refractivity contribution in [2.75, 3.05) is 13.2 Å². The zero-order chi connectivity index (χ0) is 13.9. The van der Waals surface area contributed by atoms with Crippen LogP contribution >= 0.6 is 11.3 Å². The Labute approximate surface area is 121 Å². The highest BCUT2D eigenvalue weighted by atomic mass is 32.1. The van der Waals surface area contributed by atoms with Crippen LogP contribution < -0.4 is 10.5 Å². The van der Waals surface area contributed by atoms with E-state index in [4.69, 9.17) is 10.5 Å². The van der Waals surface area contributed by atoms with E-state index in [1.165, 1.54) is 0 Å². The Morgan fingerprint density at radius 2 is 2.20 bits per heavy atom. The lowest BCUT2D eigenvalue weighted by Crippen LogP contribution is -2.05.